The first-order chi connectivity index (χ1) is 12.0. The van der Waals surface area contributed by atoms with E-state index in [4.69, 9.17) is 0 Å². The highest BCUT2D eigenvalue weighted by Crippen LogP contribution is 2.34. The summed E-state index contributed by atoms with van der Waals surface area (Å²) in [4.78, 5) is 37.4. The van der Waals surface area contributed by atoms with Gasteiger partial charge >= 0.3 is 5.97 Å². The van der Waals surface area contributed by atoms with Gasteiger partial charge in [-0.05, 0) is 48.8 Å². The van der Waals surface area contributed by atoms with Gasteiger partial charge in [0.25, 0.3) is 5.91 Å². The van der Waals surface area contributed by atoms with Gasteiger partial charge in [-0.1, -0.05) is 24.3 Å². The topological polar surface area (TPSA) is 99.3 Å². The van der Waals surface area contributed by atoms with Crippen LogP contribution in [0.15, 0.2) is 47.4 Å². The number of benzene rings is 1. The molecule has 130 valence electrons. The lowest BCUT2D eigenvalue weighted by molar-refractivity contribution is -0.139. The van der Waals surface area contributed by atoms with Gasteiger partial charge in [-0.3, -0.25) is 9.59 Å². The van der Waals surface area contributed by atoms with Gasteiger partial charge in [-0.2, -0.15) is 0 Å². The zero-order chi connectivity index (χ0) is 17.8. The monoisotopic (exact) mass is 340 g/mol. The van der Waals surface area contributed by atoms with Crippen LogP contribution in [0, 0.1) is 0 Å². The number of hydrogen-bond acceptors (Lipinski definition) is 3. The van der Waals surface area contributed by atoms with Crippen molar-refractivity contribution in [3.05, 3.63) is 69.6 Å². The molecule has 2 aromatic rings. The van der Waals surface area contributed by atoms with E-state index in [-0.39, 0.29) is 17.0 Å². The van der Waals surface area contributed by atoms with E-state index in [1.165, 1.54) is 29.5 Å². The summed E-state index contributed by atoms with van der Waals surface area (Å²) in [6.07, 6.45) is 4.57. The molecule has 0 aliphatic heterocycles. The Bertz CT molecular complexity index is 823. The average molecular weight is 340 g/mol. The Morgan fingerprint density at radius 2 is 2.04 bits per heavy atom. The Morgan fingerprint density at radius 3 is 2.76 bits per heavy atom. The molecule has 6 heteroatoms. The summed E-state index contributed by atoms with van der Waals surface area (Å²) in [5.74, 6) is -1.45. The number of aromatic nitrogens is 1. The number of carbonyl (C=O) groups is 2. The van der Waals surface area contributed by atoms with Crippen molar-refractivity contribution in [3.8, 4) is 0 Å². The maximum Gasteiger partial charge on any atom is 0.326 e. The van der Waals surface area contributed by atoms with Gasteiger partial charge in [-0.25, -0.2) is 4.79 Å². The van der Waals surface area contributed by atoms with Crippen molar-refractivity contribution in [2.45, 2.75) is 37.6 Å². The van der Waals surface area contributed by atoms with Crippen molar-refractivity contribution in [2.75, 3.05) is 0 Å². The molecule has 1 aromatic carbocycles. The summed E-state index contributed by atoms with van der Waals surface area (Å²) in [6.45, 7) is 0. The molecular formula is C19H20N2O4. The number of aryl methyl sites for hydroxylation is 1. The van der Waals surface area contributed by atoms with E-state index >= 15 is 0 Å². The highest BCUT2D eigenvalue weighted by molar-refractivity contribution is 5.96. The molecule has 0 fully saturated rings. The number of amides is 1. The molecule has 3 rings (SSSR count). The third kappa shape index (κ3) is 3.96. The van der Waals surface area contributed by atoms with Gasteiger partial charge in [0.1, 0.15) is 6.04 Å². The van der Waals surface area contributed by atoms with Gasteiger partial charge in [0.05, 0.1) is 5.56 Å². The van der Waals surface area contributed by atoms with Crippen LogP contribution < -0.4 is 10.9 Å². The summed E-state index contributed by atoms with van der Waals surface area (Å²) in [6, 6.07) is 9.72. The molecule has 2 unspecified atom stereocenters. The first kappa shape index (κ1) is 17.0. The van der Waals surface area contributed by atoms with Crippen molar-refractivity contribution < 1.29 is 14.7 Å². The number of aromatic amines is 1. The van der Waals surface area contributed by atoms with Crippen LogP contribution in [0.2, 0.25) is 0 Å². The van der Waals surface area contributed by atoms with E-state index in [1.54, 1.807) is 0 Å². The van der Waals surface area contributed by atoms with Crippen molar-refractivity contribution in [2.24, 2.45) is 0 Å². The Kier molecular flexibility index (Phi) is 4.97. The summed E-state index contributed by atoms with van der Waals surface area (Å²) < 4.78 is 0. The molecule has 0 saturated carbocycles. The number of fused-ring (bicyclic) bond motifs is 1. The Labute approximate surface area is 144 Å². The second kappa shape index (κ2) is 7.34. The van der Waals surface area contributed by atoms with E-state index in [0.717, 1.165) is 19.3 Å². The van der Waals surface area contributed by atoms with Gasteiger partial charge in [-0.15, -0.1) is 0 Å². The Hall–Kier alpha value is -2.89. The van der Waals surface area contributed by atoms with Gasteiger partial charge in [0.15, 0.2) is 0 Å². The third-order valence-corrected chi connectivity index (χ3v) is 4.66. The van der Waals surface area contributed by atoms with E-state index in [9.17, 15) is 19.5 Å². The van der Waals surface area contributed by atoms with E-state index < -0.39 is 17.9 Å². The number of nitrogens with one attached hydrogen (secondary N) is 2. The molecule has 1 heterocycles. The molecule has 2 atom stereocenters. The lowest BCUT2D eigenvalue weighted by atomic mass is 9.79. The number of carboxylic acid groups (broad SMARTS) is 1. The minimum absolute atomic E-state index is 0.113. The molecule has 1 aliphatic rings. The zero-order valence-corrected chi connectivity index (χ0v) is 13.7. The molecule has 0 spiro atoms. The predicted molar refractivity (Wildman–Crippen MR) is 92.7 cm³/mol. The molecule has 1 aromatic heterocycles. The number of carbonyl (C=O) groups excluding carboxylic acids is 1. The molecule has 6 nitrogen and oxygen atoms in total. The number of carboxylic acids is 1. The molecular weight excluding hydrogens is 320 g/mol. The van der Waals surface area contributed by atoms with E-state index in [1.807, 2.05) is 18.2 Å². The maximum atomic E-state index is 12.3. The zero-order valence-electron chi connectivity index (χ0n) is 13.7. The summed E-state index contributed by atoms with van der Waals surface area (Å²) in [7, 11) is 0. The fourth-order valence-electron chi connectivity index (χ4n) is 3.40. The fourth-order valence-corrected chi connectivity index (χ4v) is 3.40. The van der Waals surface area contributed by atoms with Crippen molar-refractivity contribution >= 4 is 11.9 Å². The minimum atomic E-state index is -1.05. The molecule has 0 bridgehead atoms. The van der Waals surface area contributed by atoms with Crippen LogP contribution in [0.4, 0.5) is 0 Å². The summed E-state index contributed by atoms with van der Waals surface area (Å²) in [5.41, 5.74) is 2.35. The van der Waals surface area contributed by atoms with Crippen LogP contribution in [0.3, 0.4) is 0 Å². The van der Waals surface area contributed by atoms with Crippen LogP contribution in [-0.4, -0.2) is 28.0 Å². The van der Waals surface area contributed by atoms with Gasteiger partial charge in [0, 0.05) is 12.3 Å². The molecule has 3 N–H and O–H groups in total. The molecule has 0 radical (unpaired) electrons. The Balaban J connectivity index is 1.74. The minimum Gasteiger partial charge on any atom is -0.480 e. The second-order valence-electron chi connectivity index (χ2n) is 6.33. The number of H-pyrrole nitrogens is 1. The highest BCUT2D eigenvalue weighted by Gasteiger charge is 2.28. The average Bonchev–Trinajstić information content (AvgIpc) is 2.61. The highest BCUT2D eigenvalue weighted by atomic mass is 16.4. The second-order valence-corrected chi connectivity index (χ2v) is 6.33. The molecule has 25 heavy (non-hydrogen) atoms. The molecule has 1 amide bonds. The van der Waals surface area contributed by atoms with E-state index in [0.29, 0.717) is 6.42 Å². The van der Waals surface area contributed by atoms with Crippen molar-refractivity contribution in [1.29, 1.82) is 0 Å². The maximum absolute atomic E-state index is 12.3. The molecule has 1 aliphatic carbocycles. The Morgan fingerprint density at radius 1 is 1.24 bits per heavy atom. The summed E-state index contributed by atoms with van der Waals surface area (Å²) in [5, 5.41) is 12.1. The lowest BCUT2D eigenvalue weighted by Crippen LogP contribution is -2.42. The van der Waals surface area contributed by atoms with Crippen molar-refractivity contribution in [3.63, 3.8) is 0 Å². The standard InChI is InChI=1S/C19H20N2O4/c22-17-9-8-14(11-20-17)18(23)21-16(19(24)25)10-13-6-3-5-12-4-1-2-7-15(12)13/h1-2,4,7-9,11,13,16H,3,5-6,10H2,(H,20,22)(H,21,23)(H,24,25). The fraction of sp³-hybridized carbons (Fsp3) is 0.316. The first-order valence-electron chi connectivity index (χ1n) is 8.35. The van der Waals surface area contributed by atoms with Crippen LogP contribution in [0.1, 0.15) is 46.7 Å². The quantitative estimate of drug-likeness (QED) is 0.776. The largest absolute Gasteiger partial charge is 0.480 e. The number of aliphatic carboxylic acids is 1. The number of pyridine rings is 1. The van der Waals surface area contributed by atoms with Crippen molar-refractivity contribution in [1.82, 2.24) is 10.3 Å². The normalized spacial score (nSPS) is 17.4. The lowest BCUT2D eigenvalue weighted by Gasteiger charge is -2.28. The molecule has 0 saturated heterocycles. The summed E-state index contributed by atoms with van der Waals surface area (Å²) >= 11 is 0. The predicted octanol–water partition coefficient (Wildman–Crippen LogP) is 2.07. The van der Waals surface area contributed by atoms with Gasteiger partial charge in [0.2, 0.25) is 5.56 Å². The number of hydrogen-bond donors (Lipinski definition) is 3. The van der Waals surface area contributed by atoms with Crippen LogP contribution >= 0.6 is 0 Å². The third-order valence-electron chi connectivity index (χ3n) is 4.66. The van der Waals surface area contributed by atoms with Gasteiger partial charge < -0.3 is 15.4 Å². The number of rotatable bonds is 5. The van der Waals surface area contributed by atoms with Crippen LogP contribution in [0.25, 0.3) is 0 Å². The first-order valence-corrected chi connectivity index (χ1v) is 8.35. The van der Waals surface area contributed by atoms with E-state index in [2.05, 4.69) is 16.4 Å². The van der Waals surface area contributed by atoms with Crippen LogP contribution in [0.5, 0.6) is 0 Å². The van der Waals surface area contributed by atoms with Crippen LogP contribution in [-0.2, 0) is 11.2 Å². The smallest absolute Gasteiger partial charge is 0.326 e. The SMILES string of the molecule is O=C(NC(CC1CCCc2ccccc21)C(=O)O)c1ccc(=O)[nH]c1.